The van der Waals surface area contributed by atoms with Gasteiger partial charge in [-0.05, 0) is 50.8 Å². The molecule has 1 aliphatic carbocycles. The maximum absolute atomic E-state index is 9.13. The van der Waals surface area contributed by atoms with Crippen LogP contribution in [0.3, 0.4) is 0 Å². The van der Waals surface area contributed by atoms with Crippen molar-refractivity contribution in [3.05, 3.63) is 71.1 Å². The van der Waals surface area contributed by atoms with Crippen LogP contribution >= 0.6 is 0 Å². The van der Waals surface area contributed by atoms with Crippen molar-refractivity contribution in [3.63, 3.8) is 0 Å². The lowest BCUT2D eigenvalue weighted by atomic mass is 10.1. The average molecular weight is 440 g/mol. The first-order chi connectivity index (χ1) is 16.1. The highest BCUT2D eigenvalue weighted by Crippen LogP contribution is 2.37. The van der Waals surface area contributed by atoms with Gasteiger partial charge in [-0.2, -0.15) is 15.5 Å². The third kappa shape index (κ3) is 4.22. The Bertz CT molecular complexity index is 1340. The van der Waals surface area contributed by atoms with Crippen LogP contribution in [0.25, 0.3) is 17.1 Å². The molecule has 8 nitrogen and oxygen atoms in total. The Morgan fingerprint density at radius 2 is 1.88 bits per heavy atom. The van der Waals surface area contributed by atoms with Gasteiger partial charge in [0, 0.05) is 30.3 Å². The zero-order valence-corrected chi connectivity index (χ0v) is 19.0. The van der Waals surface area contributed by atoms with Crippen LogP contribution < -0.4 is 4.74 Å². The number of ether oxygens (including phenoxy) is 1. The summed E-state index contributed by atoms with van der Waals surface area (Å²) >= 11 is 0. The van der Waals surface area contributed by atoms with Crippen LogP contribution in [-0.2, 0) is 13.0 Å². The Labute approximate surface area is 192 Å². The molecule has 0 N–H and O–H groups in total. The number of methoxy groups -OCH3 is 1. The van der Waals surface area contributed by atoms with Gasteiger partial charge in [-0.25, -0.2) is 14.6 Å². The molecule has 3 heterocycles. The number of nitrogens with zero attached hydrogens (tertiary/aromatic N) is 7. The summed E-state index contributed by atoms with van der Waals surface area (Å²) < 4.78 is 9.77. The van der Waals surface area contributed by atoms with Crippen LogP contribution in [0.1, 0.15) is 41.2 Å². The molecule has 1 aliphatic rings. The Hall–Kier alpha value is -3.99. The van der Waals surface area contributed by atoms with Gasteiger partial charge in [0.05, 0.1) is 35.8 Å². The van der Waals surface area contributed by atoms with E-state index in [4.69, 9.17) is 15.1 Å². The van der Waals surface area contributed by atoms with Gasteiger partial charge >= 0.3 is 0 Å². The van der Waals surface area contributed by atoms with E-state index in [1.807, 2.05) is 42.8 Å². The van der Waals surface area contributed by atoms with Crippen molar-refractivity contribution in [1.82, 2.24) is 29.5 Å². The van der Waals surface area contributed by atoms with Crippen LogP contribution in [0.15, 0.2) is 42.7 Å². The second kappa shape index (κ2) is 8.51. The Kier molecular flexibility index (Phi) is 5.38. The molecule has 0 spiro atoms. The molecule has 166 valence electrons. The normalized spacial score (nSPS) is 13.2. The van der Waals surface area contributed by atoms with Gasteiger partial charge in [-0.1, -0.05) is 12.1 Å². The Morgan fingerprint density at radius 1 is 1.09 bits per heavy atom. The molecule has 1 fully saturated rings. The lowest BCUT2D eigenvalue weighted by Crippen LogP contribution is -2.10. The minimum absolute atomic E-state index is 0.563. The minimum atomic E-state index is 0.563. The molecular formula is C25H25N7O. The third-order valence-electron chi connectivity index (χ3n) is 5.91. The molecule has 8 heteroatoms. The topological polar surface area (TPSA) is 94.4 Å². The predicted octanol–water partition coefficient (Wildman–Crippen LogP) is 4.02. The van der Waals surface area contributed by atoms with Crippen molar-refractivity contribution in [2.75, 3.05) is 7.11 Å². The van der Waals surface area contributed by atoms with Gasteiger partial charge in [-0.15, -0.1) is 0 Å². The first kappa shape index (κ1) is 20.9. The highest BCUT2D eigenvalue weighted by atomic mass is 16.5. The zero-order valence-electron chi connectivity index (χ0n) is 19.0. The molecule has 1 saturated carbocycles. The molecule has 0 saturated heterocycles. The van der Waals surface area contributed by atoms with E-state index >= 15 is 0 Å². The summed E-state index contributed by atoms with van der Waals surface area (Å²) in [6.45, 7) is 4.84. The maximum atomic E-state index is 9.13. The largest absolute Gasteiger partial charge is 0.492 e. The summed E-state index contributed by atoms with van der Waals surface area (Å²) in [7, 11) is 1.68. The third-order valence-corrected chi connectivity index (χ3v) is 5.91. The summed E-state index contributed by atoms with van der Waals surface area (Å²) in [6.07, 6.45) is 4.59. The van der Waals surface area contributed by atoms with E-state index < -0.39 is 0 Å². The molecule has 1 aromatic carbocycles. The highest BCUT2D eigenvalue weighted by Gasteiger charge is 2.27. The highest BCUT2D eigenvalue weighted by molar-refractivity contribution is 5.68. The van der Waals surface area contributed by atoms with E-state index in [-0.39, 0.29) is 0 Å². The van der Waals surface area contributed by atoms with Gasteiger partial charge in [0.2, 0.25) is 0 Å². The number of hydrogen-bond acceptors (Lipinski definition) is 6. The number of rotatable bonds is 7. The first-order valence-electron chi connectivity index (χ1n) is 11.0. The molecule has 0 atom stereocenters. The molecular weight excluding hydrogens is 414 g/mol. The van der Waals surface area contributed by atoms with Crippen LogP contribution in [0.5, 0.6) is 5.75 Å². The van der Waals surface area contributed by atoms with Gasteiger partial charge in [0.1, 0.15) is 12.0 Å². The fourth-order valence-electron chi connectivity index (χ4n) is 4.08. The Morgan fingerprint density at radius 3 is 2.52 bits per heavy atom. The van der Waals surface area contributed by atoms with Crippen molar-refractivity contribution in [2.24, 2.45) is 5.92 Å². The van der Waals surface area contributed by atoms with E-state index in [2.05, 4.69) is 25.8 Å². The molecule has 0 radical (unpaired) electrons. The predicted molar refractivity (Wildman–Crippen MR) is 123 cm³/mol. The van der Waals surface area contributed by atoms with Crippen LogP contribution in [0.2, 0.25) is 0 Å². The number of hydrogen-bond donors (Lipinski definition) is 0. The van der Waals surface area contributed by atoms with Crippen molar-refractivity contribution in [3.8, 4) is 28.9 Å². The molecule has 0 aliphatic heterocycles. The van der Waals surface area contributed by atoms with Gasteiger partial charge in [0.25, 0.3) is 0 Å². The second-order valence-corrected chi connectivity index (χ2v) is 8.53. The molecule has 0 amide bonds. The molecule has 0 bridgehead atoms. The van der Waals surface area contributed by atoms with Gasteiger partial charge in [0.15, 0.2) is 11.6 Å². The summed E-state index contributed by atoms with van der Waals surface area (Å²) in [5, 5.41) is 18.6. The number of nitriles is 1. The summed E-state index contributed by atoms with van der Waals surface area (Å²) in [5.41, 5.74) is 6.16. The summed E-state index contributed by atoms with van der Waals surface area (Å²) in [6, 6.07) is 13.6. The van der Waals surface area contributed by atoms with Crippen LogP contribution in [-0.4, -0.2) is 36.6 Å². The maximum Gasteiger partial charge on any atom is 0.168 e. The van der Waals surface area contributed by atoms with E-state index in [1.165, 1.54) is 12.8 Å². The van der Waals surface area contributed by atoms with Gasteiger partial charge in [-0.3, -0.25) is 4.68 Å². The van der Waals surface area contributed by atoms with Crippen molar-refractivity contribution in [2.45, 2.75) is 39.7 Å². The average Bonchev–Trinajstić information content (AvgIpc) is 3.49. The SMILES string of the molecule is COc1c(-c2ccc(C#N)cc2)nn(CC2CC2)c1Cc1cc(-n2nc(C)cc2C)ncn1. The lowest BCUT2D eigenvalue weighted by molar-refractivity contribution is 0.408. The molecule has 0 unspecified atom stereocenters. The minimum Gasteiger partial charge on any atom is -0.492 e. The quantitative estimate of drug-likeness (QED) is 0.432. The smallest absolute Gasteiger partial charge is 0.168 e. The van der Waals surface area contributed by atoms with E-state index in [0.717, 1.165) is 52.1 Å². The summed E-state index contributed by atoms with van der Waals surface area (Å²) in [4.78, 5) is 8.95. The van der Waals surface area contributed by atoms with Crippen molar-refractivity contribution < 1.29 is 4.74 Å². The first-order valence-corrected chi connectivity index (χ1v) is 11.0. The van der Waals surface area contributed by atoms with E-state index in [1.54, 1.807) is 25.6 Å². The van der Waals surface area contributed by atoms with Crippen LogP contribution in [0.4, 0.5) is 0 Å². The molecule has 5 rings (SSSR count). The second-order valence-electron chi connectivity index (χ2n) is 8.53. The number of benzene rings is 1. The number of aryl methyl sites for hydroxylation is 2. The van der Waals surface area contributed by atoms with Crippen LogP contribution in [0, 0.1) is 31.1 Å². The fraction of sp³-hybridized carbons (Fsp3) is 0.320. The standard InChI is InChI=1S/C25H25N7O/c1-16-10-17(2)32(29-16)23-12-21(27-15-28-23)11-22-25(33-3)24(30-31(22)14-19-4-5-19)20-8-6-18(13-26)7-9-20/h6-10,12,15,19H,4-5,11,14H2,1-3H3. The van der Waals surface area contributed by atoms with Crippen molar-refractivity contribution in [1.29, 1.82) is 5.26 Å². The Balaban J connectivity index is 1.54. The monoisotopic (exact) mass is 439 g/mol. The molecule has 3 aromatic heterocycles. The molecule has 33 heavy (non-hydrogen) atoms. The zero-order chi connectivity index (χ0) is 22.9. The summed E-state index contributed by atoms with van der Waals surface area (Å²) in [5.74, 6) is 2.13. The van der Waals surface area contributed by atoms with Crippen molar-refractivity contribution >= 4 is 0 Å². The van der Waals surface area contributed by atoms with Gasteiger partial charge < -0.3 is 4.74 Å². The van der Waals surface area contributed by atoms with E-state index in [0.29, 0.717) is 17.9 Å². The lowest BCUT2D eigenvalue weighted by Gasteiger charge is -2.10. The van der Waals surface area contributed by atoms with E-state index in [9.17, 15) is 0 Å². The fourth-order valence-corrected chi connectivity index (χ4v) is 4.08. The molecule has 4 aromatic rings. The number of aromatic nitrogens is 6.